The van der Waals surface area contributed by atoms with Crippen molar-refractivity contribution in [1.82, 2.24) is 0 Å². The fraction of sp³-hybridized carbons (Fsp3) is 0.333. The van der Waals surface area contributed by atoms with E-state index in [1.54, 1.807) is 18.2 Å². The van der Waals surface area contributed by atoms with Crippen LogP contribution < -0.4 is 5.73 Å². The van der Waals surface area contributed by atoms with Gasteiger partial charge in [-0.2, -0.15) is 5.10 Å². The number of amidine groups is 1. The maximum absolute atomic E-state index is 13.3. The predicted octanol–water partition coefficient (Wildman–Crippen LogP) is 1.30. The van der Waals surface area contributed by atoms with Crippen LogP contribution in [0.2, 0.25) is 0 Å². The van der Waals surface area contributed by atoms with E-state index in [1.807, 2.05) is 6.92 Å². The average Bonchev–Trinajstić information content (AvgIpc) is 2.41. The van der Waals surface area contributed by atoms with Crippen molar-refractivity contribution in [2.24, 2.45) is 15.9 Å². The number of rotatable bonds is 3. The molecule has 2 N–H and O–H groups in total. The summed E-state index contributed by atoms with van der Waals surface area (Å²) < 4.78 is 28.9. The SMILES string of the molecule is CC1CCOB(O/C(N)=N\N=C/c2ccccc2F)O1. The van der Waals surface area contributed by atoms with Crippen LogP contribution in [0.15, 0.2) is 34.5 Å². The van der Waals surface area contributed by atoms with Gasteiger partial charge in [0.2, 0.25) is 0 Å². The molecule has 1 aliphatic heterocycles. The highest BCUT2D eigenvalue weighted by Gasteiger charge is 2.31. The first kappa shape index (κ1) is 14.5. The van der Waals surface area contributed by atoms with Gasteiger partial charge in [-0.05, 0) is 19.4 Å². The molecule has 1 atom stereocenters. The molecule has 0 aliphatic carbocycles. The Hall–Kier alpha value is -1.93. The molecule has 0 bridgehead atoms. The van der Waals surface area contributed by atoms with Crippen LogP contribution in [-0.4, -0.2) is 32.3 Å². The largest absolute Gasteiger partial charge is 0.715 e. The molecule has 1 unspecified atom stereocenters. The van der Waals surface area contributed by atoms with Crippen molar-refractivity contribution in [1.29, 1.82) is 0 Å². The van der Waals surface area contributed by atoms with Gasteiger partial charge in [-0.15, -0.1) is 0 Å². The third-order valence-electron chi connectivity index (χ3n) is 2.60. The minimum atomic E-state index is -0.883. The molecule has 20 heavy (non-hydrogen) atoms. The van der Waals surface area contributed by atoms with Crippen molar-refractivity contribution in [3.05, 3.63) is 35.6 Å². The summed E-state index contributed by atoms with van der Waals surface area (Å²) in [4.78, 5) is 0. The van der Waals surface area contributed by atoms with Crippen LogP contribution in [0.5, 0.6) is 0 Å². The second-order valence-corrected chi connectivity index (χ2v) is 4.22. The lowest BCUT2D eigenvalue weighted by Crippen LogP contribution is -2.40. The second kappa shape index (κ2) is 7.02. The zero-order valence-corrected chi connectivity index (χ0v) is 11.0. The zero-order valence-electron chi connectivity index (χ0n) is 11.0. The van der Waals surface area contributed by atoms with E-state index in [1.165, 1.54) is 12.3 Å². The van der Waals surface area contributed by atoms with Crippen LogP contribution in [0.1, 0.15) is 18.9 Å². The Morgan fingerprint density at radius 2 is 2.35 bits per heavy atom. The fourth-order valence-electron chi connectivity index (χ4n) is 1.54. The Labute approximate surface area is 116 Å². The van der Waals surface area contributed by atoms with Gasteiger partial charge in [-0.25, -0.2) is 4.39 Å². The van der Waals surface area contributed by atoms with Crippen molar-refractivity contribution in [3.63, 3.8) is 0 Å². The summed E-state index contributed by atoms with van der Waals surface area (Å²) in [5, 5.41) is 7.24. The fourth-order valence-corrected chi connectivity index (χ4v) is 1.54. The van der Waals surface area contributed by atoms with Gasteiger partial charge in [-0.3, -0.25) is 0 Å². The summed E-state index contributed by atoms with van der Waals surface area (Å²) in [6.07, 6.45) is 2.07. The number of hydrogen-bond acceptors (Lipinski definition) is 5. The lowest BCUT2D eigenvalue weighted by molar-refractivity contribution is 0.0388. The molecule has 1 aromatic rings. The highest BCUT2D eigenvalue weighted by atomic mass is 19.1. The second-order valence-electron chi connectivity index (χ2n) is 4.22. The van der Waals surface area contributed by atoms with Gasteiger partial charge in [0.1, 0.15) is 5.82 Å². The molecule has 1 fully saturated rings. The van der Waals surface area contributed by atoms with Gasteiger partial charge in [-0.1, -0.05) is 23.3 Å². The Morgan fingerprint density at radius 1 is 1.55 bits per heavy atom. The molecule has 0 spiro atoms. The molecule has 0 saturated carbocycles. The first-order valence-electron chi connectivity index (χ1n) is 6.20. The Balaban J connectivity index is 1.89. The summed E-state index contributed by atoms with van der Waals surface area (Å²) in [5.41, 5.74) is 5.82. The standard InChI is InChI=1S/C12H15BFN3O3/c1-9-6-7-18-13(19-9)20-12(15)17-16-8-10-4-2-3-5-11(10)14/h2-5,8-9H,6-7H2,1H3,(H2,15,17)/b16-8-. The van der Waals surface area contributed by atoms with Crippen LogP contribution >= 0.6 is 0 Å². The van der Waals surface area contributed by atoms with Crippen LogP contribution in [0.25, 0.3) is 0 Å². The summed E-state index contributed by atoms with van der Waals surface area (Å²) in [6, 6.07) is 5.97. The molecule has 0 aromatic heterocycles. The van der Waals surface area contributed by atoms with Gasteiger partial charge >= 0.3 is 7.32 Å². The molecule has 6 nitrogen and oxygen atoms in total. The quantitative estimate of drug-likeness (QED) is 0.391. The molecular formula is C12H15BFN3O3. The molecule has 0 amide bonds. The van der Waals surface area contributed by atoms with Crippen molar-refractivity contribution >= 4 is 19.6 Å². The maximum atomic E-state index is 13.3. The van der Waals surface area contributed by atoms with Crippen LogP contribution in [-0.2, 0) is 14.0 Å². The van der Waals surface area contributed by atoms with E-state index in [2.05, 4.69) is 10.2 Å². The lowest BCUT2D eigenvalue weighted by atomic mass is 10.1. The van der Waals surface area contributed by atoms with Crippen LogP contribution in [0, 0.1) is 5.82 Å². The number of halogens is 1. The predicted molar refractivity (Wildman–Crippen MR) is 73.6 cm³/mol. The molecule has 8 heteroatoms. The molecule has 2 rings (SSSR count). The van der Waals surface area contributed by atoms with Crippen molar-refractivity contribution < 1.29 is 18.4 Å². The van der Waals surface area contributed by atoms with Gasteiger partial charge in [0.15, 0.2) is 0 Å². The molecule has 1 saturated heterocycles. The third kappa shape index (κ3) is 4.32. The maximum Gasteiger partial charge on any atom is 0.715 e. The first-order chi connectivity index (χ1) is 9.65. The smallest absolute Gasteiger partial charge is 0.483 e. The van der Waals surface area contributed by atoms with E-state index in [-0.39, 0.29) is 12.1 Å². The van der Waals surface area contributed by atoms with Crippen molar-refractivity contribution in [3.8, 4) is 0 Å². The van der Waals surface area contributed by atoms with E-state index in [9.17, 15) is 4.39 Å². The number of nitrogens with two attached hydrogens (primary N) is 1. The molecule has 0 radical (unpaired) electrons. The van der Waals surface area contributed by atoms with E-state index >= 15 is 0 Å². The Morgan fingerprint density at radius 3 is 3.10 bits per heavy atom. The monoisotopic (exact) mass is 279 g/mol. The van der Waals surface area contributed by atoms with Gasteiger partial charge in [0.05, 0.1) is 6.21 Å². The van der Waals surface area contributed by atoms with Crippen LogP contribution in [0.3, 0.4) is 0 Å². The normalized spacial score (nSPS) is 20.4. The van der Waals surface area contributed by atoms with Crippen molar-refractivity contribution in [2.75, 3.05) is 6.61 Å². The molecule has 1 heterocycles. The van der Waals surface area contributed by atoms with Crippen molar-refractivity contribution in [2.45, 2.75) is 19.4 Å². The number of hydrogen-bond donors (Lipinski definition) is 1. The molecule has 106 valence electrons. The van der Waals surface area contributed by atoms with E-state index in [0.29, 0.717) is 12.2 Å². The summed E-state index contributed by atoms with van der Waals surface area (Å²) in [6.45, 7) is 2.43. The zero-order chi connectivity index (χ0) is 14.4. The molecule has 1 aliphatic rings. The third-order valence-corrected chi connectivity index (χ3v) is 2.60. The summed E-state index contributed by atoms with van der Waals surface area (Å²) >= 11 is 0. The lowest BCUT2D eigenvalue weighted by Gasteiger charge is -2.23. The molecular weight excluding hydrogens is 264 g/mol. The number of nitrogens with zero attached hydrogens (tertiary/aromatic N) is 2. The Kier molecular flexibility index (Phi) is 5.08. The highest BCUT2D eigenvalue weighted by Crippen LogP contribution is 2.09. The minimum Gasteiger partial charge on any atom is -0.483 e. The summed E-state index contributed by atoms with van der Waals surface area (Å²) in [5.74, 6) is -0.390. The van der Waals surface area contributed by atoms with Gasteiger partial charge in [0, 0.05) is 18.3 Å². The van der Waals surface area contributed by atoms with E-state index in [4.69, 9.17) is 19.7 Å². The van der Waals surface area contributed by atoms with Gasteiger partial charge in [0.25, 0.3) is 6.02 Å². The first-order valence-corrected chi connectivity index (χ1v) is 6.20. The topological polar surface area (TPSA) is 78.4 Å². The van der Waals surface area contributed by atoms with Crippen LogP contribution in [0.4, 0.5) is 4.39 Å². The molecule has 1 aromatic carbocycles. The number of benzene rings is 1. The highest BCUT2D eigenvalue weighted by molar-refractivity contribution is 6.39. The van der Waals surface area contributed by atoms with E-state index in [0.717, 1.165) is 6.42 Å². The van der Waals surface area contributed by atoms with E-state index < -0.39 is 13.1 Å². The average molecular weight is 279 g/mol. The minimum absolute atomic E-state index is 0.0310. The summed E-state index contributed by atoms with van der Waals surface area (Å²) in [7, 11) is -0.883. The van der Waals surface area contributed by atoms with Gasteiger partial charge < -0.3 is 19.7 Å². The Bertz CT molecular complexity index is 512.